The Morgan fingerprint density at radius 2 is 2.12 bits per heavy atom. The van der Waals surface area contributed by atoms with Crippen LogP contribution in [0.2, 0.25) is 0 Å². The first-order chi connectivity index (χ1) is 7.75. The summed E-state index contributed by atoms with van der Waals surface area (Å²) in [5, 5.41) is 0. The minimum Gasteiger partial charge on any atom is -0.370 e. The van der Waals surface area contributed by atoms with Crippen LogP contribution in [0.5, 0.6) is 0 Å². The van der Waals surface area contributed by atoms with Gasteiger partial charge in [0.15, 0.2) is 5.96 Å². The molecule has 0 aromatic heterocycles. The predicted molar refractivity (Wildman–Crippen MR) is 67.5 cm³/mol. The molecule has 0 saturated carbocycles. The van der Waals surface area contributed by atoms with E-state index in [1.807, 2.05) is 0 Å². The first-order valence-electron chi connectivity index (χ1n) is 6.53. The minimum atomic E-state index is 0.757. The predicted octanol–water partition coefficient (Wildman–Crippen LogP) is 0.739. The van der Waals surface area contributed by atoms with Crippen LogP contribution < -0.4 is 5.73 Å². The van der Waals surface area contributed by atoms with Gasteiger partial charge in [0.1, 0.15) is 0 Å². The minimum absolute atomic E-state index is 0.757. The van der Waals surface area contributed by atoms with E-state index < -0.39 is 0 Å². The number of hydrogen-bond donors (Lipinski definition) is 1. The highest BCUT2D eigenvalue weighted by Crippen LogP contribution is 2.14. The molecule has 16 heavy (non-hydrogen) atoms. The molecule has 1 unspecified atom stereocenters. The van der Waals surface area contributed by atoms with Crippen LogP contribution in [-0.2, 0) is 0 Å². The summed E-state index contributed by atoms with van der Waals surface area (Å²) < 4.78 is 0. The summed E-state index contributed by atoms with van der Waals surface area (Å²) in [7, 11) is 0. The summed E-state index contributed by atoms with van der Waals surface area (Å²) in [4.78, 5) is 9.15. The van der Waals surface area contributed by atoms with Crippen LogP contribution in [0.15, 0.2) is 4.99 Å². The summed E-state index contributed by atoms with van der Waals surface area (Å²) in [5.41, 5.74) is 6.01. The molecule has 2 aliphatic rings. The fourth-order valence-electron chi connectivity index (χ4n) is 2.41. The molecule has 2 rings (SSSR count). The second-order valence-corrected chi connectivity index (χ2v) is 5.13. The van der Waals surface area contributed by atoms with Gasteiger partial charge in [-0.05, 0) is 38.3 Å². The number of aliphatic imine (C=N–C) groups is 1. The molecule has 2 aliphatic heterocycles. The van der Waals surface area contributed by atoms with E-state index >= 15 is 0 Å². The van der Waals surface area contributed by atoms with E-state index in [2.05, 4.69) is 21.7 Å². The van der Waals surface area contributed by atoms with Gasteiger partial charge >= 0.3 is 0 Å². The average molecular weight is 224 g/mol. The zero-order valence-electron chi connectivity index (χ0n) is 10.4. The van der Waals surface area contributed by atoms with Gasteiger partial charge in [0.05, 0.1) is 6.54 Å². The van der Waals surface area contributed by atoms with Crippen molar-refractivity contribution in [1.29, 1.82) is 0 Å². The molecule has 4 heteroatoms. The molecule has 0 aromatic carbocycles. The Bertz CT molecular complexity index is 247. The Morgan fingerprint density at radius 3 is 2.75 bits per heavy atom. The molecule has 2 N–H and O–H groups in total. The maximum absolute atomic E-state index is 6.01. The van der Waals surface area contributed by atoms with Crippen molar-refractivity contribution in [3.05, 3.63) is 0 Å². The van der Waals surface area contributed by atoms with Gasteiger partial charge in [0, 0.05) is 19.6 Å². The van der Waals surface area contributed by atoms with Crippen LogP contribution >= 0.6 is 0 Å². The Kier molecular flexibility index (Phi) is 4.04. The van der Waals surface area contributed by atoms with Gasteiger partial charge < -0.3 is 15.5 Å². The number of piperidine rings is 1. The van der Waals surface area contributed by atoms with Gasteiger partial charge in [-0.15, -0.1) is 0 Å². The first-order valence-corrected chi connectivity index (χ1v) is 6.53. The smallest absolute Gasteiger partial charge is 0.191 e. The monoisotopic (exact) mass is 224 g/mol. The molecule has 4 nitrogen and oxygen atoms in total. The van der Waals surface area contributed by atoms with Gasteiger partial charge in [0.2, 0.25) is 0 Å². The van der Waals surface area contributed by atoms with Gasteiger partial charge in [0.25, 0.3) is 0 Å². The first kappa shape index (κ1) is 11.7. The highest BCUT2D eigenvalue weighted by molar-refractivity contribution is 5.78. The Hall–Kier alpha value is -0.770. The lowest BCUT2D eigenvalue weighted by molar-refractivity contribution is 0.187. The van der Waals surface area contributed by atoms with Gasteiger partial charge in [-0.25, -0.2) is 0 Å². The topological polar surface area (TPSA) is 44.9 Å². The SMILES string of the molecule is CC1CCCN(C(N)=NCCN2CCC2)C1. The number of hydrogen-bond acceptors (Lipinski definition) is 2. The Labute approximate surface area is 98.5 Å². The molecular weight excluding hydrogens is 200 g/mol. The number of guanidine groups is 1. The Balaban J connectivity index is 1.71. The number of nitrogens with two attached hydrogens (primary N) is 1. The van der Waals surface area contributed by atoms with E-state index in [4.69, 9.17) is 5.73 Å². The molecule has 0 spiro atoms. The molecule has 2 heterocycles. The lowest BCUT2D eigenvalue weighted by Crippen LogP contribution is -2.44. The summed E-state index contributed by atoms with van der Waals surface area (Å²) in [6, 6.07) is 0. The fraction of sp³-hybridized carbons (Fsp3) is 0.917. The summed E-state index contributed by atoms with van der Waals surface area (Å²) >= 11 is 0. The van der Waals surface area contributed by atoms with Crippen molar-refractivity contribution in [2.75, 3.05) is 39.3 Å². The van der Waals surface area contributed by atoms with Crippen molar-refractivity contribution < 1.29 is 0 Å². The molecule has 1 atom stereocenters. The number of nitrogens with zero attached hydrogens (tertiary/aromatic N) is 3. The van der Waals surface area contributed by atoms with Crippen molar-refractivity contribution in [3.8, 4) is 0 Å². The van der Waals surface area contributed by atoms with Crippen molar-refractivity contribution in [2.45, 2.75) is 26.2 Å². The van der Waals surface area contributed by atoms with Crippen LogP contribution in [0, 0.1) is 5.92 Å². The maximum atomic E-state index is 6.01. The van der Waals surface area contributed by atoms with Crippen LogP contribution in [0.1, 0.15) is 26.2 Å². The summed E-state index contributed by atoms with van der Waals surface area (Å²) in [5.74, 6) is 1.52. The largest absolute Gasteiger partial charge is 0.370 e. The molecular formula is C12H24N4. The third kappa shape index (κ3) is 3.11. The van der Waals surface area contributed by atoms with Crippen molar-refractivity contribution in [2.24, 2.45) is 16.6 Å². The quantitative estimate of drug-likeness (QED) is 0.568. The molecule has 92 valence electrons. The third-order valence-corrected chi connectivity index (χ3v) is 3.62. The van der Waals surface area contributed by atoms with Crippen molar-refractivity contribution in [3.63, 3.8) is 0 Å². The standard InChI is InChI=1S/C12H24N4/c1-11-4-2-8-16(10-11)12(13)14-5-9-15-6-3-7-15/h11H,2-10H2,1H3,(H2,13,14). The molecule has 0 aliphatic carbocycles. The molecule has 0 amide bonds. The normalized spacial score (nSPS) is 27.9. The van der Waals surface area contributed by atoms with Crippen LogP contribution in [0.4, 0.5) is 0 Å². The van der Waals surface area contributed by atoms with Crippen LogP contribution in [-0.4, -0.2) is 55.0 Å². The molecule has 0 bridgehead atoms. The van der Waals surface area contributed by atoms with E-state index in [-0.39, 0.29) is 0 Å². The lowest BCUT2D eigenvalue weighted by Gasteiger charge is -2.32. The average Bonchev–Trinajstić information content (AvgIpc) is 2.21. The lowest BCUT2D eigenvalue weighted by atomic mass is 10.0. The van der Waals surface area contributed by atoms with Crippen molar-refractivity contribution >= 4 is 5.96 Å². The molecule has 2 saturated heterocycles. The maximum Gasteiger partial charge on any atom is 0.191 e. The van der Waals surface area contributed by atoms with E-state index in [1.54, 1.807) is 0 Å². The zero-order valence-corrected chi connectivity index (χ0v) is 10.4. The highest BCUT2D eigenvalue weighted by Gasteiger charge is 2.17. The summed E-state index contributed by atoms with van der Waals surface area (Å²) in [6.45, 7) is 8.88. The van der Waals surface area contributed by atoms with E-state index in [9.17, 15) is 0 Å². The van der Waals surface area contributed by atoms with Crippen molar-refractivity contribution in [1.82, 2.24) is 9.80 Å². The molecule has 0 radical (unpaired) electrons. The number of rotatable bonds is 3. The van der Waals surface area contributed by atoms with Crippen LogP contribution in [0.25, 0.3) is 0 Å². The van der Waals surface area contributed by atoms with E-state index in [1.165, 1.54) is 32.4 Å². The fourth-order valence-corrected chi connectivity index (χ4v) is 2.41. The van der Waals surface area contributed by atoms with E-state index in [0.29, 0.717) is 0 Å². The highest BCUT2D eigenvalue weighted by atomic mass is 15.3. The van der Waals surface area contributed by atoms with E-state index in [0.717, 1.165) is 38.1 Å². The number of likely N-dealkylation sites (tertiary alicyclic amines) is 2. The molecule has 2 fully saturated rings. The van der Waals surface area contributed by atoms with Gasteiger partial charge in [-0.3, -0.25) is 4.99 Å². The van der Waals surface area contributed by atoms with Crippen LogP contribution in [0.3, 0.4) is 0 Å². The Morgan fingerprint density at radius 1 is 1.31 bits per heavy atom. The second kappa shape index (κ2) is 5.53. The summed E-state index contributed by atoms with van der Waals surface area (Å²) in [6.07, 6.45) is 3.93. The second-order valence-electron chi connectivity index (χ2n) is 5.13. The van der Waals surface area contributed by atoms with Gasteiger partial charge in [-0.1, -0.05) is 6.92 Å². The van der Waals surface area contributed by atoms with Gasteiger partial charge in [-0.2, -0.15) is 0 Å². The molecule has 0 aromatic rings. The third-order valence-electron chi connectivity index (χ3n) is 3.62. The zero-order chi connectivity index (χ0) is 11.4.